The van der Waals surface area contributed by atoms with Gasteiger partial charge in [-0.05, 0) is 54.8 Å². The Hall–Kier alpha value is -3.34. The van der Waals surface area contributed by atoms with Crippen molar-refractivity contribution in [3.63, 3.8) is 0 Å². The van der Waals surface area contributed by atoms with Gasteiger partial charge in [0.2, 0.25) is 0 Å². The molecule has 26 heavy (non-hydrogen) atoms. The van der Waals surface area contributed by atoms with Crippen molar-refractivity contribution in [1.29, 1.82) is 0 Å². The topological polar surface area (TPSA) is 67.0 Å². The normalized spacial score (nSPS) is 11.0. The number of pyridine rings is 2. The summed E-state index contributed by atoms with van der Waals surface area (Å²) in [5, 5.41) is 5.37. The summed E-state index contributed by atoms with van der Waals surface area (Å²) < 4.78 is 5.49. The third kappa shape index (κ3) is 3.11. The molecule has 5 heteroatoms. The van der Waals surface area contributed by atoms with Crippen LogP contribution in [0.25, 0.3) is 21.8 Å². The summed E-state index contributed by atoms with van der Waals surface area (Å²) in [5.74, 6) is 0.754. The maximum absolute atomic E-state index is 12.4. The van der Waals surface area contributed by atoms with E-state index in [1.807, 2.05) is 61.5 Å². The maximum atomic E-state index is 12.4. The number of hydrogen-bond donors (Lipinski definition) is 2. The van der Waals surface area contributed by atoms with Crippen LogP contribution in [0.15, 0.2) is 65.6 Å². The molecule has 130 valence electrons. The van der Waals surface area contributed by atoms with E-state index in [0.717, 1.165) is 33.2 Å². The zero-order valence-corrected chi connectivity index (χ0v) is 14.5. The Kier molecular flexibility index (Phi) is 4.27. The lowest BCUT2D eigenvalue weighted by Gasteiger charge is -2.10. The van der Waals surface area contributed by atoms with Gasteiger partial charge in [-0.2, -0.15) is 0 Å². The van der Waals surface area contributed by atoms with Crippen molar-refractivity contribution in [3.05, 3.63) is 76.7 Å². The summed E-state index contributed by atoms with van der Waals surface area (Å²) >= 11 is 0. The molecule has 0 saturated carbocycles. The van der Waals surface area contributed by atoms with Crippen LogP contribution in [0.2, 0.25) is 0 Å². The van der Waals surface area contributed by atoms with Crippen LogP contribution in [0.5, 0.6) is 5.75 Å². The summed E-state index contributed by atoms with van der Waals surface area (Å²) in [6.45, 7) is 2.97. The van der Waals surface area contributed by atoms with Crippen molar-refractivity contribution in [3.8, 4) is 5.75 Å². The van der Waals surface area contributed by atoms with Crippen molar-refractivity contribution < 1.29 is 4.74 Å². The largest absolute Gasteiger partial charge is 0.494 e. The number of benzene rings is 2. The molecule has 2 aromatic heterocycles. The SMILES string of the molecule is CCOc1ccc2cc(CNc3cccc4ncccc34)c(=O)[nH]c2c1. The number of nitrogens with one attached hydrogen (secondary N) is 2. The number of aromatic nitrogens is 2. The lowest BCUT2D eigenvalue weighted by molar-refractivity contribution is 0.340. The first kappa shape index (κ1) is 16.1. The monoisotopic (exact) mass is 345 g/mol. The van der Waals surface area contributed by atoms with E-state index >= 15 is 0 Å². The Morgan fingerprint density at radius 3 is 2.92 bits per heavy atom. The number of ether oxygens (including phenoxy) is 1. The smallest absolute Gasteiger partial charge is 0.253 e. The minimum absolute atomic E-state index is 0.1000. The number of H-pyrrole nitrogens is 1. The summed E-state index contributed by atoms with van der Waals surface area (Å²) in [4.78, 5) is 19.7. The van der Waals surface area contributed by atoms with E-state index in [-0.39, 0.29) is 5.56 Å². The summed E-state index contributed by atoms with van der Waals surface area (Å²) in [6, 6.07) is 17.5. The first-order valence-electron chi connectivity index (χ1n) is 8.61. The van der Waals surface area contributed by atoms with Crippen molar-refractivity contribution in [1.82, 2.24) is 9.97 Å². The van der Waals surface area contributed by atoms with Gasteiger partial charge in [-0.15, -0.1) is 0 Å². The first-order chi connectivity index (χ1) is 12.7. The van der Waals surface area contributed by atoms with Crippen LogP contribution in [0.1, 0.15) is 12.5 Å². The van der Waals surface area contributed by atoms with Crippen molar-refractivity contribution in [2.45, 2.75) is 13.5 Å². The van der Waals surface area contributed by atoms with Crippen LogP contribution in [0, 0.1) is 0 Å². The van der Waals surface area contributed by atoms with E-state index in [0.29, 0.717) is 18.7 Å². The molecule has 0 aliphatic carbocycles. The van der Waals surface area contributed by atoms with E-state index in [1.165, 1.54) is 0 Å². The standard InChI is InChI=1S/C21H19N3O2/c1-2-26-16-9-8-14-11-15(21(25)24-20(14)12-16)13-23-19-7-3-6-18-17(19)5-4-10-22-18/h3-12,23H,2,13H2,1H3,(H,24,25). The van der Waals surface area contributed by atoms with Gasteiger partial charge in [0, 0.05) is 35.4 Å². The summed E-state index contributed by atoms with van der Waals surface area (Å²) in [7, 11) is 0. The predicted octanol–water partition coefficient (Wildman–Crippen LogP) is 4.09. The minimum Gasteiger partial charge on any atom is -0.494 e. The molecular formula is C21H19N3O2. The van der Waals surface area contributed by atoms with E-state index < -0.39 is 0 Å². The third-order valence-electron chi connectivity index (χ3n) is 4.32. The summed E-state index contributed by atoms with van der Waals surface area (Å²) in [6.07, 6.45) is 1.77. The van der Waals surface area contributed by atoms with E-state index in [9.17, 15) is 4.79 Å². The van der Waals surface area contributed by atoms with E-state index in [1.54, 1.807) is 6.20 Å². The van der Waals surface area contributed by atoms with Gasteiger partial charge in [0.05, 0.1) is 17.6 Å². The molecule has 0 fully saturated rings. The van der Waals surface area contributed by atoms with Gasteiger partial charge in [0.15, 0.2) is 0 Å². The number of hydrogen-bond acceptors (Lipinski definition) is 4. The van der Waals surface area contributed by atoms with Crippen LogP contribution in [-0.2, 0) is 6.54 Å². The van der Waals surface area contributed by atoms with E-state index in [4.69, 9.17) is 4.74 Å². The van der Waals surface area contributed by atoms with Crippen LogP contribution in [0.4, 0.5) is 5.69 Å². The number of nitrogens with zero attached hydrogens (tertiary/aromatic N) is 1. The molecule has 2 aromatic carbocycles. The highest BCUT2D eigenvalue weighted by Crippen LogP contribution is 2.22. The minimum atomic E-state index is -0.1000. The number of rotatable bonds is 5. The van der Waals surface area contributed by atoms with Crippen LogP contribution in [0.3, 0.4) is 0 Å². The number of fused-ring (bicyclic) bond motifs is 2. The quantitative estimate of drug-likeness (QED) is 0.572. The van der Waals surface area contributed by atoms with Crippen LogP contribution >= 0.6 is 0 Å². The maximum Gasteiger partial charge on any atom is 0.253 e. The molecule has 0 saturated heterocycles. The van der Waals surface area contributed by atoms with Crippen LogP contribution in [-0.4, -0.2) is 16.6 Å². The van der Waals surface area contributed by atoms with Crippen molar-refractivity contribution >= 4 is 27.5 Å². The number of aromatic amines is 1. The molecule has 0 amide bonds. The second kappa shape index (κ2) is 6.88. The highest BCUT2D eigenvalue weighted by Gasteiger charge is 2.06. The van der Waals surface area contributed by atoms with Gasteiger partial charge in [0.25, 0.3) is 5.56 Å². The molecule has 0 bridgehead atoms. The zero-order valence-electron chi connectivity index (χ0n) is 14.5. The van der Waals surface area contributed by atoms with E-state index in [2.05, 4.69) is 15.3 Å². The Bertz CT molecular complexity index is 1130. The lowest BCUT2D eigenvalue weighted by atomic mass is 10.1. The Morgan fingerprint density at radius 1 is 1.12 bits per heavy atom. The predicted molar refractivity (Wildman–Crippen MR) is 105 cm³/mol. The molecule has 0 spiro atoms. The fourth-order valence-electron chi connectivity index (χ4n) is 3.06. The first-order valence-corrected chi connectivity index (χ1v) is 8.61. The van der Waals surface area contributed by atoms with Gasteiger partial charge in [-0.25, -0.2) is 0 Å². The summed E-state index contributed by atoms with van der Waals surface area (Å²) in [5.41, 5.74) is 3.24. The Morgan fingerprint density at radius 2 is 2.04 bits per heavy atom. The average molecular weight is 345 g/mol. The van der Waals surface area contributed by atoms with Gasteiger partial charge in [-0.1, -0.05) is 6.07 Å². The molecule has 0 radical (unpaired) electrons. The lowest BCUT2D eigenvalue weighted by Crippen LogP contribution is -2.15. The molecule has 4 rings (SSSR count). The Labute approximate surface area is 150 Å². The molecule has 4 aromatic rings. The zero-order chi connectivity index (χ0) is 17.9. The second-order valence-corrected chi connectivity index (χ2v) is 6.03. The highest BCUT2D eigenvalue weighted by molar-refractivity contribution is 5.91. The molecule has 0 atom stereocenters. The molecular weight excluding hydrogens is 326 g/mol. The molecule has 0 unspecified atom stereocenters. The molecule has 0 aliphatic heterocycles. The Balaban J connectivity index is 1.63. The molecule has 2 heterocycles. The third-order valence-corrected chi connectivity index (χ3v) is 4.32. The fourth-order valence-corrected chi connectivity index (χ4v) is 3.06. The highest BCUT2D eigenvalue weighted by atomic mass is 16.5. The average Bonchev–Trinajstić information content (AvgIpc) is 2.66. The molecule has 0 aliphatic rings. The molecule has 5 nitrogen and oxygen atoms in total. The molecule has 2 N–H and O–H groups in total. The van der Waals surface area contributed by atoms with Crippen molar-refractivity contribution in [2.75, 3.05) is 11.9 Å². The number of anilines is 1. The van der Waals surface area contributed by atoms with Gasteiger partial charge in [-0.3, -0.25) is 9.78 Å². The van der Waals surface area contributed by atoms with Gasteiger partial charge in [0.1, 0.15) is 5.75 Å². The second-order valence-electron chi connectivity index (χ2n) is 6.03. The van der Waals surface area contributed by atoms with Gasteiger partial charge < -0.3 is 15.0 Å². The van der Waals surface area contributed by atoms with Gasteiger partial charge >= 0.3 is 0 Å². The fraction of sp³-hybridized carbons (Fsp3) is 0.143. The van der Waals surface area contributed by atoms with Crippen LogP contribution < -0.4 is 15.6 Å². The van der Waals surface area contributed by atoms with Crippen molar-refractivity contribution in [2.24, 2.45) is 0 Å².